The summed E-state index contributed by atoms with van der Waals surface area (Å²) in [6.07, 6.45) is 1.43. The van der Waals surface area contributed by atoms with E-state index in [2.05, 4.69) is 0 Å². The quantitative estimate of drug-likeness (QED) is 0.732. The van der Waals surface area contributed by atoms with E-state index in [-0.39, 0.29) is 31.0 Å². The number of benzene rings is 1. The number of aliphatic hydroxyl groups excluding tert-OH is 2. The molecule has 0 radical (unpaired) electrons. The fourth-order valence-corrected chi connectivity index (χ4v) is 2.97. The number of likely N-dealkylation sites (tertiary alicyclic amines) is 1. The van der Waals surface area contributed by atoms with Gasteiger partial charge in [0, 0.05) is 43.7 Å². The molecule has 1 heterocycles. The zero-order chi connectivity index (χ0) is 17.0. The number of nitrogens with zero attached hydrogens (tertiary/aromatic N) is 1. The third-order valence-corrected chi connectivity index (χ3v) is 4.56. The van der Waals surface area contributed by atoms with Crippen LogP contribution in [0.2, 0.25) is 0 Å². The molecule has 1 fully saturated rings. The lowest BCUT2D eigenvalue weighted by molar-refractivity contribution is 0.0712. The monoisotopic (exact) mass is 321 g/mol. The van der Waals surface area contributed by atoms with Crippen LogP contribution in [0.25, 0.3) is 0 Å². The molecule has 2 rings (SSSR count). The molecule has 1 aromatic carbocycles. The summed E-state index contributed by atoms with van der Waals surface area (Å²) in [6.45, 7) is 4.53. The minimum Gasteiger partial charge on any atom is -0.396 e. The Labute approximate surface area is 137 Å². The van der Waals surface area contributed by atoms with Gasteiger partial charge < -0.3 is 20.2 Å². The van der Waals surface area contributed by atoms with E-state index in [4.69, 9.17) is 0 Å². The van der Waals surface area contributed by atoms with Crippen LogP contribution >= 0.6 is 0 Å². The number of carbonyl (C=O) groups excluding carboxylic acids is 1. The summed E-state index contributed by atoms with van der Waals surface area (Å²) >= 11 is 0. The first-order valence-electron chi connectivity index (χ1n) is 8.16. The highest BCUT2D eigenvalue weighted by molar-refractivity contribution is 5.94. The second-order valence-electron chi connectivity index (χ2n) is 7.10. The minimum absolute atomic E-state index is 0.00904. The van der Waals surface area contributed by atoms with E-state index < -0.39 is 5.60 Å². The van der Waals surface area contributed by atoms with Crippen LogP contribution in [0.15, 0.2) is 24.3 Å². The summed E-state index contributed by atoms with van der Waals surface area (Å²) in [5, 5.41) is 28.4. The van der Waals surface area contributed by atoms with Crippen LogP contribution in [0, 0.1) is 11.8 Å². The Kier molecular flexibility index (Phi) is 5.79. The average molecular weight is 321 g/mol. The van der Waals surface area contributed by atoms with Gasteiger partial charge >= 0.3 is 0 Å². The van der Waals surface area contributed by atoms with Gasteiger partial charge in [0.05, 0.1) is 5.60 Å². The van der Waals surface area contributed by atoms with Crippen LogP contribution in [0.4, 0.5) is 0 Å². The van der Waals surface area contributed by atoms with Gasteiger partial charge in [0.25, 0.3) is 5.91 Å². The molecule has 128 valence electrons. The molecule has 5 heteroatoms. The van der Waals surface area contributed by atoms with Crippen LogP contribution in [0.1, 0.15) is 36.2 Å². The van der Waals surface area contributed by atoms with Gasteiger partial charge in [-0.2, -0.15) is 0 Å². The Hall–Kier alpha value is -1.43. The molecule has 1 aromatic rings. The molecule has 1 aliphatic rings. The highest BCUT2D eigenvalue weighted by atomic mass is 16.3. The predicted octanol–water partition coefficient (Wildman–Crippen LogP) is 1.06. The number of carbonyl (C=O) groups is 1. The number of hydrogen-bond acceptors (Lipinski definition) is 4. The van der Waals surface area contributed by atoms with Crippen molar-refractivity contribution in [1.82, 2.24) is 4.90 Å². The van der Waals surface area contributed by atoms with Gasteiger partial charge in [-0.05, 0) is 44.4 Å². The predicted molar refractivity (Wildman–Crippen MR) is 88.1 cm³/mol. The number of aryl methyl sites for hydroxylation is 1. The molecule has 3 N–H and O–H groups in total. The lowest BCUT2D eigenvalue weighted by atomic mass is 9.98. The van der Waals surface area contributed by atoms with E-state index in [0.29, 0.717) is 25.1 Å². The molecule has 0 bridgehead atoms. The van der Waals surface area contributed by atoms with E-state index >= 15 is 0 Å². The Balaban J connectivity index is 1.98. The molecule has 0 saturated carbocycles. The first-order valence-corrected chi connectivity index (χ1v) is 8.16. The molecule has 1 saturated heterocycles. The second kappa shape index (κ2) is 7.43. The summed E-state index contributed by atoms with van der Waals surface area (Å²) in [5.41, 5.74) is 1.02. The first-order chi connectivity index (χ1) is 10.8. The Bertz CT molecular complexity index is 509. The smallest absolute Gasteiger partial charge is 0.253 e. The van der Waals surface area contributed by atoms with Gasteiger partial charge in [0.15, 0.2) is 0 Å². The van der Waals surface area contributed by atoms with Crippen molar-refractivity contribution in [2.45, 2.75) is 32.3 Å². The molecule has 2 atom stereocenters. The van der Waals surface area contributed by atoms with Crippen LogP contribution in [-0.4, -0.2) is 58.0 Å². The maximum absolute atomic E-state index is 12.5. The van der Waals surface area contributed by atoms with Crippen molar-refractivity contribution >= 4 is 5.91 Å². The highest BCUT2D eigenvalue weighted by Crippen LogP contribution is 2.24. The molecule has 5 nitrogen and oxygen atoms in total. The standard InChI is InChI=1S/C18H27NO4/c1-18(2,23)8-7-13-3-5-14(6-4-13)17(22)19-9-15(11-20)16(10-19)12-21/h3-6,15-16,20-21,23H,7-12H2,1-2H3/t15-,16-/m0/s1. The van der Waals surface area contributed by atoms with Crippen LogP contribution in [-0.2, 0) is 6.42 Å². The molecule has 1 amide bonds. The SMILES string of the molecule is CC(C)(O)CCc1ccc(C(=O)N2C[C@@H](CO)[C@H](CO)C2)cc1. The van der Waals surface area contributed by atoms with E-state index in [9.17, 15) is 20.1 Å². The van der Waals surface area contributed by atoms with Gasteiger partial charge in [-0.25, -0.2) is 0 Å². The average Bonchev–Trinajstić information content (AvgIpc) is 2.95. The third-order valence-electron chi connectivity index (χ3n) is 4.56. The number of aliphatic hydroxyl groups is 3. The van der Waals surface area contributed by atoms with E-state index in [0.717, 1.165) is 12.0 Å². The fraction of sp³-hybridized carbons (Fsp3) is 0.611. The van der Waals surface area contributed by atoms with Crippen molar-refractivity contribution in [3.63, 3.8) is 0 Å². The first kappa shape index (κ1) is 17.9. The number of hydrogen-bond donors (Lipinski definition) is 3. The van der Waals surface area contributed by atoms with E-state index in [1.54, 1.807) is 18.7 Å². The normalized spacial score (nSPS) is 21.7. The Morgan fingerprint density at radius 3 is 2.09 bits per heavy atom. The van der Waals surface area contributed by atoms with Gasteiger partial charge in [-0.1, -0.05) is 12.1 Å². The fourth-order valence-electron chi connectivity index (χ4n) is 2.97. The van der Waals surface area contributed by atoms with Gasteiger partial charge in [-0.3, -0.25) is 4.79 Å². The molecule has 1 aliphatic heterocycles. The molecular weight excluding hydrogens is 294 g/mol. The zero-order valence-corrected chi connectivity index (χ0v) is 13.9. The Morgan fingerprint density at radius 1 is 1.13 bits per heavy atom. The summed E-state index contributed by atoms with van der Waals surface area (Å²) in [4.78, 5) is 14.2. The van der Waals surface area contributed by atoms with Crippen molar-refractivity contribution < 1.29 is 20.1 Å². The Morgan fingerprint density at radius 2 is 1.65 bits per heavy atom. The number of amides is 1. The van der Waals surface area contributed by atoms with Gasteiger partial charge in [-0.15, -0.1) is 0 Å². The molecular formula is C18H27NO4. The summed E-state index contributed by atoms with van der Waals surface area (Å²) in [5.74, 6) is -0.154. The van der Waals surface area contributed by atoms with Crippen molar-refractivity contribution in [3.8, 4) is 0 Å². The third kappa shape index (κ3) is 4.77. The van der Waals surface area contributed by atoms with Crippen molar-refractivity contribution in [2.75, 3.05) is 26.3 Å². The molecule has 0 unspecified atom stereocenters. The highest BCUT2D eigenvalue weighted by Gasteiger charge is 2.34. The van der Waals surface area contributed by atoms with Crippen molar-refractivity contribution in [2.24, 2.45) is 11.8 Å². The van der Waals surface area contributed by atoms with E-state index in [1.165, 1.54) is 0 Å². The molecule has 0 spiro atoms. The summed E-state index contributed by atoms with van der Waals surface area (Å²) < 4.78 is 0. The second-order valence-corrected chi connectivity index (χ2v) is 7.10. The van der Waals surface area contributed by atoms with Gasteiger partial charge in [0.1, 0.15) is 0 Å². The maximum atomic E-state index is 12.5. The maximum Gasteiger partial charge on any atom is 0.253 e. The van der Waals surface area contributed by atoms with Gasteiger partial charge in [0.2, 0.25) is 0 Å². The van der Waals surface area contributed by atoms with Crippen molar-refractivity contribution in [3.05, 3.63) is 35.4 Å². The van der Waals surface area contributed by atoms with Crippen LogP contribution < -0.4 is 0 Å². The summed E-state index contributed by atoms with van der Waals surface area (Å²) in [6, 6.07) is 7.45. The lowest BCUT2D eigenvalue weighted by Gasteiger charge is -2.18. The summed E-state index contributed by atoms with van der Waals surface area (Å²) in [7, 11) is 0. The molecule has 0 aromatic heterocycles. The topological polar surface area (TPSA) is 81.0 Å². The lowest BCUT2D eigenvalue weighted by Crippen LogP contribution is -2.29. The minimum atomic E-state index is -0.692. The van der Waals surface area contributed by atoms with Crippen molar-refractivity contribution in [1.29, 1.82) is 0 Å². The number of rotatable bonds is 6. The largest absolute Gasteiger partial charge is 0.396 e. The van der Waals surface area contributed by atoms with Crippen LogP contribution in [0.5, 0.6) is 0 Å². The molecule has 0 aliphatic carbocycles. The van der Waals surface area contributed by atoms with Crippen LogP contribution in [0.3, 0.4) is 0 Å². The molecule has 23 heavy (non-hydrogen) atoms. The zero-order valence-electron chi connectivity index (χ0n) is 13.9. The van der Waals surface area contributed by atoms with E-state index in [1.807, 2.05) is 24.3 Å².